The molecule has 6 heteroatoms. The maximum atomic E-state index is 13.2. The molecule has 1 amide bonds. The largest absolute Gasteiger partial charge is 0.384 e. The number of nitrogens with zero attached hydrogens (tertiary/aromatic N) is 1. The standard InChI is InChI=1S/C25H29N3O3/c1-25(20-11-4-3-5-12-20)23(30)28(24(26)27-25)15-17-8-6-9-18(14-17)22(29)21-13-7-10-19(21)16-31-2/h3-6,8-9,11-12,14,19,21H,7,10,13,15-16H2,1-2H3,(H2,26,27)/t19-,21?,25?/m1/s1. The van der Waals surface area contributed by atoms with Crippen LogP contribution in [-0.2, 0) is 21.6 Å². The summed E-state index contributed by atoms with van der Waals surface area (Å²) < 4.78 is 5.31. The summed E-state index contributed by atoms with van der Waals surface area (Å²) in [7, 11) is 1.68. The zero-order valence-corrected chi connectivity index (χ0v) is 18.1. The van der Waals surface area contributed by atoms with Gasteiger partial charge in [0.25, 0.3) is 5.91 Å². The van der Waals surface area contributed by atoms with E-state index in [1.165, 1.54) is 4.90 Å². The average Bonchev–Trinajstić information content (AvgIpc) is 3.33. The molecule has 4 rings (SSSR count). The summed E-state index contributed by atoms with van der Waals surface area (Å²) in [5, 5.41) is 11.4. The van der Waals surface area contributed by atoms with Crippen molar-refractivity contribution in [3.8, 4) is 0 Å². The second kappa shape index (κ2) is 8.63. The highest BCUT2D eigenvalue weighted by molar-refractivity contribution is 6.08. The van der Waals surface area contributed by atoms with Gasteiger partial charge in [0.05, 0.1) is 6.54 Å². The third kappa shape index (κ3) is 4.00. The highest BCUT2D eigenvalue weighted by atomic mass is 16.5. The maximum Gasteiger partial charge on any atom is 0.259 e. The van der Waals surface area contributed by atoms with Crippen LogP contribution in [-0.4, -0.2) is 36.3 Å². The molecule has 2 aliphatic rings. The third-order valence-corrected chi connectivity index (χ3v) is 6.59. The van der Waals surface area contributed by atoms with Gasteiger partial charge in [-0.2, -0.15) is 0 Å². The van der Waals surface area contributed by atoms with Crippen LogP contribution in [0.3, 0.4) is 0 Å². The van der Waals surface area contributed by atoms with Crippen molar-refractivity contribution < 1.29 is 14.3 Å². The first kappa shape index (κ1) is 21.2. The minimum absolute atomic E-state index is 0.00930. The second-order valence-electron chi connectivity index (χ2n) is 8.67. The van der Waals surface area contributed by atoms with E-state index in [2.05, 4.69) is 5.32 Å². The van der Waals surface area contributed by atoms with E-state index in [1.54, 1.807) is 14.0 Å². The van der Waals surface area contributed by atoms with Gasteiger partial charge >= 0.3 is 0 Å². The van der Waals surface area contributed by atoms with E-state index in [-0.39, 0.29) is 36.0 Å². The number of nitrogens with one attached hydrogen (secondary N) is 2. The van der Waals surface area contributed by atoms with Gasteiger partial charge in [0.15, 0.2) is 11.7 Å². The molecule has 0 spiro atoms. The Morgan fingerprint density at radius 3 is 2.71 bits per heavy atom. The molecule has 31 heavy (non-hydrogen) atoms. The number of Topliss-reactive ketones (excluding diaryl/α,β-unsaturated/α-hetero) is 1. The Balaban J connectivity index is 1.52. The molecule has 0 radical (unpaired) electrons. The van der Waals surface area contributed by atoms with E-state index < -0.39 is 5.54 Å². The average molecular weight is 420 g/mol. The zero-order chi connectivity index (χ0) is 22.0. The molecule has 6 nitrogen and oxygen atoms in total. The van der Waals surface area contributed by atoms with E-state index in [9.17, 15) is 9.59 Å². The Kier molecular flexibility index (Phi) is 5.92. The van der Waals surface area contributed by atoms with Crippen LogP contribution in [0.15, 0.2) is 54.6 Å². The van der Waals surface area contributed by atoms with Gasteiger partial charge < -0.3 is 10.1 Å². The van der Waals surface area contributed by atoms with Crippen LogP contribution in [0, 0.1) is 17.2 Å². The van der Waals surface area contributed by atoms with E-state index in [0.29, 0.717) is 12.2 Å². The minimum Gasteiger partial charge on any atom is -0.384 e. The topological polar surface area (TPSA) is 82.5 Å². The summed E-state index contributed by atoms with van der Waals surface area (Å²) in [6, 6.07) is 16.9. The van der Waals surface area contributed by atoms with Crippen LogP contribution < -0.4 is 5.32 Å². The predicted octanol–water partition coefficient (Wildman–Crippen LogP) is 3.71. The van der Waals surface area contributed by atoms with Gasteiger partial charge in [-0.05, 0) is 42.9 Å². The van der Waals surface area contributed by atoms with Crippen LogP contribution in [0.5, 0.6) is 0 Å². The van der Waals surface area contributed by atoms with Crippen molar-refractivity contribution in [1.82, 2.24) is 10.2 Å². The van der Waals surface area contributed by atoms with Crippen molar-refractivity contribution >= 4 is 17.6 Å². The Labute approximate surface area is 183 Å². The number of amides is 1. The van der Waals surface area contributed by atoms with E-state index in [1.807, 2.05) is 54.6 Å². The third-order valence-electron chi connectivity index (χ3n) is 6.59. The number of hydrogen-bond acceptors (Lipinski definition) is 4. The molecule has 0 aromatic heterocycles. The predicted molar refractivity (Wildman–Crippen MR) is 119 cm³/mol. The fourth-order valence-corrected chi connectivity index (χ4v) is 4.86. The number of carbonyl (C=O) groups is 2. The van der Waals surface area contributed by atoms with Crippen LogP contribution in [0.25, 0.3) is 0 Å². The molecular weight excluding hydrogens is 390 g/mol. The van der Waals surface area contributed by atoms with Gasteiger partial charge in [0.2, 0.25) is 0 Å². The molecule has 3 atom stereocenters. The molecule has 2 aromatic carbocycles. The lowest BCUT2D eigenvalue weighted by Gasteiger charge is -2.22. The molecule has 1 aliphatic carbocycles. The Morgan fingerprint density at radius 2 is 1.97 bits per heavy atom. The molecule has 2 aromatic rings. The van der Waals surface area contributed by atoms with Crippen molar-refractivity contribution in [3.05, 3.63) is 71.3 Å². The fourth-order valence-electron chi connectivity index (χ4n) is 4.86. The van der Waals surface area contributed by atoms with Crippen LogP contribution in [0.1, 0.15) is 47.7 Å². The summed E-state index contributed by atoms with van der Waals surface area (Å²) in [5.74, 6) is 0.312. The van der Waals surface area contributed by atoms with Crippen molar-refractivity contribution in [1.29, 1.82) is 5.41 Å². The van der Waals surface area contributed by atoms with Crippen LogP contribution in [0.2, 0.25) is 0 Å². The van der Waals surface area contributed by atoms with Gasteiger partial charge in [-0.25, -0.2) is 0 Å². The first-order valence-corrected chi connectivity index (χ1v) is 10.8. The van der Waals surface area contributed by atoms with E-state index in [4.69, 9.17) is 10.1 Å². The van der Waals surface area contributed by atoms with Gasteiger partial charge in [0, 0.05) is 25.2 Å². The SMILES string of the molecule is COC[C@H]1CCCC1C(=O)c1cccc(CN2C(=N)NC(C)(c3ccccc3)C2=O)c1. The number of hydrogen-bond donors (Lipinski definition) is 2. The minimum atomic E-state index is -0.969. The van der Waals surface area contributed by atoms with Gasteiger partial charge in [-0.15, -0.1) is 0 Å². The first-order chi connectivity index (χ1) is 14.9. The normalized spacial score (nSPS) is 25.7. The monoisotopic (exact) mass is 419 g/mol. The zero-order valence-electron chi connectivity index (χ0n) is 18.1. The number of benzene rings is 2. The Hall–Kier alpha value is -2.99. The molecule has 162 valence electrons. The Bertz CT molecular complexity index is 991. The molecule has 0 bridgehead atoms. The van der Waals surface area contributed by atoms with Gasteiger partial charge in [0.1, 0.15) is 5.54 Å². The molecule has 2 unspecified atom stereocenters. The highest BCUT2D eigenvalue weighted by Gasteiger charge is 2.47. The number of guanidine groups is 1. The maximum absolute atomic E-state index is 13.2. The number of methoxy groups -OCH3 is 1. The molecule has 2 fully saturated rings. The smallest absolute Gasteiger partial charge is 0.259 e. The van der Waals surface area contributed by atoms with Gasteiger partial charge in [-0.3, -0.25) is 19.9 Å². The number of ketones is 1. The molecular formula is C25H29N3O3. The summed E-state index contributed by atoms with van der Waals surface area (Å²) in [5.41, 5.74) is 1.36. The highest BCUT2D eigenvalue weighted by Crippen LogP contribution is 2.35. The summed E-state index contributed by atoms with van der Waals surface area (Å²) in [6.07, 6.45) is 2.96. The lowest BCUT2D eigenvalue weighted by molar-refractivity contribution is -0.131. The lowest BCUT2D eigenvalue weighted by Crippen LogP contribution is -2.40. The number of rotatable bonds is 7. The fraction of sp³-hybridized carbons (Fsp3) is 0.400. The van der Waals surface area contributed by atoms with E-state index >= 15 is 0 Å². The molecule has 1 saturated carbocycles. The van der Waals surface area contributed by atoms with Crippen LogP contribution >= 0.6 is 0 Å². The van der Waals surface area contributed by atoms with Crippen molar-refractivity contribution in [2.75, 3.05) is 13.7 Å². The number of carbonyl (C=O) groups excluding carboxylic acids is 2. The van der Waals surface area contributed by atoms with Crippen molar-refractivity contribution in [2.45, 2.75) is 38.3 Å². The number of ether oxygens (including phenoxy) is 1. The summed E-state index contributed by atoms with van der Waals surface area (Å²) in [4.78, 5) is 27.8. The molecule has 2 N–H and O–H groups in total. The summed E-state index contributed by atoms with van der Waals surface area (Å²) in [6.45, 7) is 2.66. The molecule has 1 aliphatic heterocycles. The van der Waals surface area contributed by atoms with E-state index in [0.717, 1.165) is 30.4 Å². The van der Waals surface area contributed by atoms with Crippen molar-refractivity contribution in [2.24, 2.45) is 11.8 Å². The van der Waals surface area contributed by atoms with Crippen molar-refractivity contribution in [3.63, 3.8) is 0 Å². The summed E-state index contributed by atoms with van der Waals surface area (Å²) >= 11 is 0. The lowest BCUT2D eigenvalue weighted by atomic mass is 9.88. The second-order valence-corrected chi connectivity index (χ2v) is 8.67. The molecule has 1 saturated heterocycles. The first-order valence-electron chi connectivity index (χ1n) is 10.8. The van der Waals surface area contributed by atoms with Crippen LogP contribution in [0.4, 0.5) is 0 Å². The Morgan fingerprint density at radius 1 is 1.19 bits per heavy atom. The van der Waals surface area contributed by atoms with Gasteiger partial charge in [-0.1, -0.05) is 55.0 Å². The quantitative estimate of drug-likeness (QED) is 0.670. The molecule has 1 heterocycles.